The first-order valence-corrected chi connectivity index (χ1v) is 9.49. The average molecular weight is 355 g/mol. The van der Waals surface area contributed by atoms with E-state index in [1.54, 1.807) is 0 Å². The van der Waals surface area contributed by atoms with Crippen LogP contribution >= 0.6 is 0 Å². The first-order valence-electron chi connectivity index (χ1n) is 9.49. The second-order valence-electron chi connectivity index (χ2n) is 7.19. The van der Waals surface area contributed by atoms with Crippen LogP contribution in [0.2, 0.25) is 0 Å². The smallest absolute Gasteiger partial charge is 0.251 e. The van der Waals surface area contributed by atoms with E-state index >= 15 is 0 Å². The molecule has 0 saturated carbocycles. The van der Waals surface area contributed by atoms with Crippen molar-refractivity contribution in [3.05, 3.63) is 35.0 Å². The van der Waals surface area contributed by atoms with E-state index in [0.717, 1.165) is 36.6 Å². The van der Waals surface area contributed by atoms with Crippen molar-refractivity contribution in [1.29, 1.82) is 0 Å². The molecule has 0 radical (unpaired) electrons. The second kappa shape index (κ2) is 7.50. The Hall–Kier alpha value is -2.34. The van der Waals surface area contributed by atoms with Crippen LogP contribution in [-0.4, -0.2) is 42.6 Å². The van der Waals surface area contributed by atoms with E-state index in [-0.39, 0.29) is 24.4 Å². The summed E-state index contributed by atoms with van der Waals surface area (Å²) in [5, 5.41) is 6.82. The average Bonchev–Trinajstić information content (AvgIpc) is 3.05. The minimum atomic E-state index is -0.209. The highest BCUT2D eigenvalue weighted by Gasteiger charge is 2.18. The van der Waals surface area contributed by atoms with Crippen molar-refractivity contribution in [2.24, 2.45) is 0 Å². The molecule has 2 heterocycles. The van der Waals surface area contributed by atoms with Crippen LogP contribution in [0.5, 0.6) is 0 Å². The number of nitrogens with one attached hydrogen (secondary N) is 3. The van der Waals surface area contributed by atoms with Gasteiger partial charge in [-0.3, -0.25) is 9.59 Å². The first kappa shape index (κ1) is 17.1. The lowest BCUT2D eigenvalue weighted by Crippen LogP contribution is -2.44. The maximum absolute atomic E-state index is 12.5. The summed E-state index contributed by atoms with van der Waals surface area (Å²) in [6.45, 7) is 1.36. The van der Waals surface area contributed by atoms with Gasteiger partial charge in [-0.15, -0.1) is 0 Å². The third kappa shape index (κ3) is 3.60. The molecule has 1 aromatic heterocycles. The molecule has 6 heteroatoms. The number of aromatic nitrogens is 1. The zero-order valence-corrected chi connectivity index (χ0v) is 14.9. The molecule has 1 saturated heterocycles. The van der Waals surface area contributed by atoms with Gasteiger partial charge in [0.05, 0.1) is 6.54 Å². The number of amides is 2. The monoisotopic (exact) mass is 355 g/mol. The Balaban J connectivity index is 1.39. The minimum absolute atomic E-state index is 0.000524. The number of ether oxygens (including phenoxy) is 1. The Labute approximate surface area is 152 Å². The fraction of sp³-hybridized carbons (Fsp3) is 0.500. The highest BCUT2D eigenvalue weighted by atomic mass is 16.5. The number of benzene rings is 1. The van der Waals surface area contributed by atoms with Gasteiger partial charge in [-0.2, -0.15) is 0 Å². The third-order valence-electron chi connectivity index (χ3n) is 5.36. The molecule has 2 aromatic rings. The van der Waals surface area contributed by atoms with Crippen LogP contribution in [0.4, 0.5) is 0 Å². The number of hydrogen-bond donors (Lipinski definition) is 3. The zero-order valence-electron chi connectivity index (χ0n) is 14.9. The van der Waals surface area contributed by atoms with Gasteiger partial charge < -0.3 is 20.4 Å². The molecule has 2 aliphatic rings. The van der Waals surface area contributed by atoms with Crippen LogP contribution < -0.4 is 10.6 Å². The Morgan fingerprint density at radius 2 is 1.96 bits per heavy atom. The second-order valence-corrected chi connectivity index (χ2v) is 7.19. The molecule has 0 spiro atoms. The van der Waals surface area contributed by atoms with E-state index in [2.05, 4.69) is 15.6 Å². The van der Waals surface area contributed by atoms with Gasteiger partial charge in [-0.25, -0.2) is 0 Å². The van der Waals surface area contributed by atoms with E-state index in [1.165, 1.54) is 24.1 Å². The van der Waals surface area contributed by atoms with Gasteiger partial charge in [0.1, 0.15) is 0 Å². The Morgan fingerprint density at radius 3 is 2.81 bits per heavy atom. The Bertz CT molecular complexity index is 821. The molecular weight excluding hydrogens is 330 g/mol. The highest BCUT2D eigenvalue weighted by Crippen LogP contribution is 2.29. The van der Waals surface area contributed by atoms with Gasteiger partial charge >= 0.3 is 0 Å². The fourth-order valence-electron chi connectivity index (χ4n) is 3.93. The first-order chi connectivity index (χ1) is 12.7. The molecule has 2 amide bonds. The molecule has 138 valence electrons. The lowest BCUT2D eigenvalue weighted by molar-refractivity contribution is -0.121. The Morgan fingerprint density at radius 1 is 1.15 bits per heavy atom. The standard InChI is InChI=1S/C20H25N3O3/c24-19(22-14-7-9-26-10-8-14)12-21-20(25)13-5-6-18-16(11-13)15-3-1-2-4-17(15)23-18/h5-6,11,14,23H,1-4,7-10,12H2,(H,21,25)(H,22,24). The van der Waals surface area contributed by atoms with Crippen molar-refractivity contribution in [3.8, 4) is 0 Å². The zero-order chi connectivity index (χ0) is 17.9. The van der Waals surface area contributed by atoms with Crippen LogP contribution in [0.3, 0.4) is 0 Å². The molecule has 3 N–H and O–H groups in total. The minimum Gasteiger partial charge on any atom is -0.381 e. The molecular formula is C20H25N3O3. The van der Waals surface area contributed by atoms with Crippen molar-refractivity contribution >= 4 is 22.7 Å². The van der Waals surface area contributed by atoms with Gasteiger partial charge in [0, 0.05) is 41.4 Å². The van der Waals surface area contributed by atoms with Crippen LogP contribution in [0.25, 0.3) is 10.9 Å². The Kier molecular flexibility index (Phi) is 4.93. The van der Waals surface area contributed by atoms with Crippen LogP contribution in [-0.2, 0) is 22.4 Å². The van der Waals surface area contributed by atoms with Gasteiger partial charge in [0.25, 0.3) is 5.91 Å². The summed E-state index contributed by atoms with van der Waals surface area (Å²) in [5.74, 6) is -0.356. The lowest BCUT2D eigenvalue weighted by Gasteiger charge is -2.23. The number of aromatic amines is 1. The summed E-state index contributed by atoms with van der Waals surface area (Å²) in [4.78, 5) is 28.0. The fourth-order valence-corrected chi connectivity index (χ4v) is 3.93. The van der Waals surface area contributed by atoms with Gasteiger partial charge in [-0.1, -0.05) is 0 Å². The molecule has 1 fully saturated rings. The summed E-state index contributed by atoms with van der Waals surface area (Å²) >= 11 is 0. The third-order valence-corrected chi connectivity index (χ3v) is 5.36. The van der Waals surface area contributed by atoms with Gasteiger partial charge in [0.15, 0.2) is 0 Å². The van der Waals surface area contributed by atoms with Crippen molar-refractivity contribution in [2.45, 2.75) is 44.6 Å². The van der Waals surface area contributed by atoms with E-state index in [1.807, 2.05) is 18.2 Å². The maximum atomic E-state index is 12.5. The molecule has 0 atom stereocenters. The van der Waals surface area contributed by atoms with Crippen molar-refractivity contribution in [1.82, 2.24) is 15.6 Å². The van der Waals surface area contributed by atoms with E-state index in [4.69, 9.17) is 4.74 Å². The molecule has 6 nitrogen and oxygen atoms in total. The van der Waals surface area contributed by atoms with Crippen LogP contribution in [0, 0.1) is 0 Å². The summed E-state index contributed by atoms with van der Waals surface area (Å²) in [6, 6.07) is 5.87. The SMILES string of the molecule is O=C(CNC(=O)c1ccc2[nH]c3c(c2c1)CCCC3)NC1CCOCC1. The van der Waals surface area contributed by atoms with Gasteiger partial charge in [0.2, 0.25) is 5.91 Å². The predicted molar refractivity (Wildman–Crippen MR) is 99.3 cm³/mol. The molecule has 1 aliphatic carbocycles. The predicted octanol–water partition coefficient (Wildman–Crippen LogP) is 2.07. The normalized spacial score (nSPS) is 17.7. The van der Waals surface area contributed by atoms with Crippen molar-refractivity contribution in [2.75, 3.05) is 19.8 Å². The molecule has 1 aromatic carbocycles. The summed E-state index contributed by atoms with van der Waals surface area (Å²) in [6.07, 6.45) is 6.22. The number of rotatable bonds is 4. The van der Waals surface area contributed by atoms with E-state index in [0.29, 0.717) is 18.8 Å². The van der Waals surface area contributed by atoms with Crippen LogP contribution in [0.15, 0.2) is 18.2 Å². The van der Waals surface area contributed by atoms with Crippen molar-refractivity contribution in [3.63, 3.8) is 0 Å². The van der Waals surface area contributed by atoms with Crippen molar-refractivity contribution < 1.29 is 14.3 Å². The molecule has 0 bridgehead atoms. The number of fused-ring (bicyclic) bond motifs is 3. The molecule has 4 rings (SSSR count). The van der Waals surface area contributed by atoms with Gasteiger partial charge in [-0.05, 0) is 62.3 Å². The molecule has 1 aliphatic heterocycles. The topological polar surface area (TPSA) is 83.2 Å². The highest BCUT2D eigenvalue weighted by molar-refractivity contribution is 6.00. The van der Waals surface area contributed by atoms with E-state index in [9.17, 15) is 9.59 Å². The number of carbonyl (C=O) groups excluding carboxylic acids is 2. The maximum Gasteiger partial charge on any atom is 0.251 e. The number of aryl methyl sites for hydroxylation is 2. The molecule has 26 heavy (non-hydrogen) atoms. The quantitative estimate of drug-likeness (QED) is 0.785. The number of carbonyl (C=O) groups is 2. The number of hydrogen-bond acceptors (Lipinski definition) is 3. The van der Waals surface area contributed by atoms with Crippen LogP contribution in [0.1, 0.15) is 47.3 Å². The molecule has 0 unspecified atom stereocenters. The summed E-state index contributed by atoms with van der Waals surface area (Å²) < 4.78 is 5.28. The van der Waals surface area contributed by atoms with E-state index < -0.39 is 0 Å². The summed E-state index contributed by atoms with van der Waals surface area (Å²) in [5.41, 5.74) is 4.34. The lowest BCUT2D eigenvalue weighted by atomic mass is 9.95. The largest absolute Gasteiger partial charge is 0.381 e. The summed E-state index contributed by atoms with van der Waals surface area (Å²) in [7, 11) is 0. The number of H-pyrrole nitrogens is 1.